The number of anilines is 1. The van der Waals surface area contributed by atoms with E-state index in [0.29, 0.717) is 11.4 Å². The molecule has 1 aromatic carbocycles. The Kier molecular flexibility index (Phi) is 3.97. The van der Waals surface area contributed by atoms with Crippen molar-refractivity contribution in [3.63, 3.8) is 0 Å². The average Bonchev–Trinajstić information content (AvgIpc) is 2.73. The lowest BCUT2D eigenvalue weighted by Gasteiger charge is -2.10. The predicted octanol–water partition coefficient (Wildman–Crippen LogP) is 1.60. The minimum absolute atomic E-state index is 0.0464. The molecular formula is C12H13F2N3O3S. The summed E-state index contributed by atoms with van der Waals surface area (Å²) in [6.45, 7) is 2.53. The highest BCUT2D eigenvalue weighted by Gasteiger charge is 2.25. The number of benzene rings is 1. The molecule has 3 N–H and O–H groups in total. The maximum absolute atomic E-state index is 13.7. The summed E-state index contributed by atoms with van der Waals surface area (Å²) in [7, 11) is -4.35. The van der Waals surface area contributed by atoms with E-state index in [1.165, 1.54) is 0 Å². The van der Waals surface area contributed by atoms with E-state index in [1.54, 1.807) is 13.8 Å². The molecule has 0 unspecified atom stereocenters. The van der Waals surface area contributed by atoms with Crippen LogP contribution in [0.25, 0.3) is 0 Å². The van der Waals surface area contributed by atoms with Crippen molar-refractivity contribution in [2.24, 2.45) is 0 Å². The lowest BCUT2D eigenvalue weighted by molar-refractivity contribution is 0.280. The Bertz CT molecular complexity index is 768. The highest BCUT2D eigenvalue weighted by atomic mass is 32.2. The van der Waals surface area contributed by atoms with Crippen molar-refractivity contribution in [3.05, 3.63) is 40.7 Å². The molecule has 21 heavy (non-hydrogen) atoms. The standard InChI is InChI=1S/C12H13F2N3O3S/c1-6-12(7(2)16-15-6)17-21(19,20)10-4-8(5-18)3-9(13)11(10)14/h3-4,17-18H,5H2,1-2H3,(H,15,16). The highest BCUT2D eigenvalue weighted by molar-refractivity contribution is 7.92. The normalized spacial score (nSPS) is 11.7. The van der Waals surface area contributed by atoms with Crippen LogP contribution in [0.1, 0.15) is 17.0 Å². The summed E-state index contributed by atoms with van der Waals surface area (Å²) in [5.41, 5.74) is 0.935. The SMILES string of the molecule is Cc1n[nH]c(C)c1NS(=O)(=O)c1cc(CO)cc(F)c1F. The van der Waals surface area contributed by atoms with Crippen LogP contribution in [0.4, 0.5) is 14.5 Å². The number of nitrogens with zero attached hydrogens (tertiary/aromatic N) is 1. The first-order valence-corrected chi connectivity index (χ1v) is 7.37. The van der Waals surface area contributed by atoms with Gasteiger partial charge in [-0.3, -0.25) is 9.82 Å². The summed E-state index contributed by atoms with van der Waals surface area (Å²) >= 11 is 0. The molecule has 114 valence electrons. The quantitative estimate of drug-likeness (QED) is 0.798. The second-order valence-electron chi connectivity index (χ2n) is 4.46. The van der Waals surface area contributed by atoms with Gasteiger partial charge in [-0.1, -0.05) is 0 Å². The number of hydrogen-bond acceptors (Lipinski definition) is 4. The molecule has 0 radical (unpaired) electrons. The van der Waals surface area contributed by atoms with Crippen molar-refractivity contribution in [2.45, 2.75) is 25.3 Å². The fourth-order valence-corrected chi connectivity index (χ4v) is 3.11. The Morgan fingerprint density at radius 1 is 1.33 bits per heavy atom. The minimum atomic E-state index is -4.35. The first-order chi connectivity index (χ1) is 9.76. The Morgan fingerprint density at radius 3 is 2.52 bits per heavy atom. The number of aromatic nitrogens is 2. The van der Waals surface area contributed by atoms with Crippen molar-refractivity contribution < 1.29 is 22.3 Å². The van der Waals surface area contributed by atoms with E-state index in [-0.39, 0.29) is 11.3 Å². The van der Waals surface area contributed by atoms with Crippen molar-refractivity contribution in [1.82, 2.24) is 10.2 Å². The Hall–Kier alpha value is -2.00. The third-order valence-corrected chi connectivity index (χ3v) is 4.24. The number of rotatable bonds is 4. The third kappa shape index (κ3) is 2.88. The largest absolute Gasteiger partial charge is 0.392 e. The molecule has 6 nitrogen and oxygen atoms in total. The van der Waals surface area contributed by atoms with Crippen LogP contribution >= 0.6 is 0 Å². The fourth-order valence-electron chi connectivity index (χ4n) is 1.79. The Labute approximate surface area is 119 Å². The Balaban J connectivity index is 2.52. The van der Waals surface area contributed by atoms with Crippen molar-refractivity contribution in [3.8, 4) is 0 Å². The molecule has 0 fully saturated rings. The van der Waals surface area contributed by atoms with Gasteiger partial charge in [0.15, 0.2) is 11.6 Å². The first kappa shape index (κ1) is 15.4. The van der Waals surface area contributed by atoms with Crippen LogP contribution in [0.15, 0.2) is 17.0 Å². The number of aliphatic hydroxyl groups is 1. The van der Waals surface area contributed by atoms with Gasteiger partial charge in [0.1, 0.15) is 4.90 Å². The van der Waals surface area contributed by atoms with Gasteiger partial charge in [-0.25, -0.2) is 17.2 Å². The van der Waals surface area contributed by atoms with Crippen LogP contribution in [0.2, 0.25) is 0 Å². The van der Waals surface area contributed by atoms with Crippen LogP contribution in [-0.2, 0) is 16.6 Å². The maximum atomic E-state index is 13.7. The van der Waals surface area contributed by atoms with Crippen molar-refractivity contribution in [2.75, 3.05) is 4.72 Å². The smallest absolute Gasteiger partial charge is 0.265 e. The summed E-state index contributed by atoms with van der Waals surface area (Å²) in [6, 6.07) is 1.62. The second kappa shape index (κ2) is 5.41. The zero-order valence-electron chi connectivity index (χ0n) is 11.2. The van der Waals surface area contributed by atoms with Gasteiger partial charge in [0.2, 0.25) is 0 Å². The number of aromatic amines is 1. The second-order valence-corrected chi connectivity index (χ2v) is 6.11. The number of aryl methyl sites for hydroxylation is 2. The number of halogens is 2. The van der Waals surface area contributed by atoms with Gasteiger partial charge in [0.25, 0.3) is 10.0 Å². The average molecular weight is 317 g/mol. The Morgan fingerprint density at radius 2 is 2.00 bits per heavy atom. The van der Waals surface area contributed by atoms with Gasteiger partial charge >= 0.3 is 0 Å². The van der Waals surface area contributed by atoms with E-state index in [1.807, 2.05) is 0 Å². The molecule has 0 aliphatic rings. The molecule has 9 heteroatoms. The molecule has 0 bridgehead atoms. The number of aliphatic hydroxyl groups excluding tert-OH is 1. The zero-order chi connectivity index (χ0) is 15.8. The molecule has 1 aromatic heterocycles. The van der Waals surface area contributed by atoms with Gasteiger partial charge in [-0.2, -0.15) is 5.10 Å². The zero-order valence-corrected chi connectivity index (χ0v) is 12.1. The maximum Gasteiger partial charge on any atom is 0.265 e. The highest BCUT2D eigenvalue weighted by Crippen LogP contribution is 2.25. The number of sulfonamides is 1. The first-order valence-electron chi connectivity index (χ1n) is 5.89. The molecule has 0 spiro atoms. The van der Waals surface area contributed by atoms with Crippen LogP contribution in [0.5, 0.6) is 0 Å². The van der Waals surface area contributed by atoms with Gasteiger partial charge in [0.05, 0.1) is 23.7 Å². The molecule has 0 aliphatic carbocycles. The molecule has 0 saturated carbocycles. The predicted molar refractivity (Wildman–Crippen MR) is 71.2 cm³/mol. The van der Waals surface area contributed by atoms with Gasteiger partial charge in [-0.05, 0) is 31.5 Å². The lowest BCUT2D eigenvalue weighted by Crippen LogP contribution is -2.16. The number of H-pyrrole nitrogens is 1. The van der Waals surface area contributed by atoms with Gasteiger partial charge in [-0.15, -0.1) is 0 Å². The molecule has 2 rings (SSSR count). The molecule has 1 heterocycles. The summed E-state index contributed by atoms with van der Waals surface area (Å²) in [4.78, 5) is -0.869. The van der Waals surface area contributed by atoms with Crippen molar-refractivity contribution >= 4 is 15.7 Å². The molecule has 2 aromatic rings. The fraction of sp³-hybridized carbons (Fsp3) is 0.250. The topological polar surface area (TPSA) is 95.1 Å². The van der Waals surface area contributed by atoms with E-state index >= 15 is 0 Å². The summed E-state index contributed by atoms with van der Waals surface area (Å²) in [5.74, 6) is -2.85. The van der Waals surface area contributed by atoms with Crippen molar-refractivity contribution in [1.29, 1.82) is 0 Å². The van der Waals surface area contributed by atoms with Crippen LogP contribution in [-0.4, -0.2) is 23.7 Å². The molecule has 0 atom stereocenters. The third-order valence-electron chi connectivity index (χ3n) is 2.89. The number of nitrogens with one attached hydrogen (secondary N) is 2. The van der Waals surface area contributed by atoms with E-state index < -0.39 is 33.2 Å². The molecule has 0 amide bonds. The van der Waals surface area contributed by atoms with E-state index in [2.05, 4.69) is 14.9 Å². The van der Waals surface area contributed by atoms with Crippen LogP contribution in [0, 0.1) is 25.5 Å². The van der Waals surface area contributed by atoms with Crippen LogP contribution in [0.3, 0.4) is 0 Å². The summed E-state index contributed by atoms with van der Waals surface area (Å²) in [5, 5.41) is 15.4. The summed E-state index contributed by atoms with van der Waals surface area (Å²) < 4.78 is 53.7. The molecule has 0 aliphatic heterocycles. The van der Waals surface area contributed by atoms with Gasteiger partial charge in [0, 0.05) is 0 Å². The molecule has 0 saturated heterocycles. The monoisotopic (exact) mass is 317 g/mol. The summed E-state index contributed by atoms with van der Waals surface area (Å²) in [6.07, 6.45) is 0. The minimum Gasteiger partial charge on any atom is -0.392 e. The van der Waals surface area contributed by atoms with Crippen LogP contribution < -0.4 is 4.72 Å². The van der Waals surface area contributed by atoms with Gasteiger partial charge < -0.3 is 5.11 Å². The molecular weight excluding hydrogens is 304 g/mol. The van der Waals surface area contributed by atoms with E-state index in [0.717, 1.165) is 12.1 Å². The van der Waals surface area contributed by atoms with E-state index in [4.69, 9.17) is 5.11 Å². The lowest BCUT2D eigenvalue weighted by atomic mass is 10.2. The number of hydrogen-bond donors (Lipinski definition) is 3. The van der Waals surface area contributed by atoms with E-state index in [9.17, 15) is 17.2 Å².